The van der Waals surface area contributed by atoms with E-state index in [1.165, 1.54) is 18.2 Å². The van der Waals surface area contributed by atoms with Gasteiger partial charge in [0, 0.05) is 31.8 Å². The Bertz CT molecular complexity index is 539. The Morgan fingerprint density at radius 3 is 3.05 bits per heavy atom. The van der Waals surface area contributed by atoms with Crippen LogP contribution in [0.15, 0.2) is 30.3 Å². The van der Waals surface area contributed by atoms with Crippen molar-refractivity contribution in [2.24, 2.45) is 0 Å². The number of nitrogens with zero attached hydrogens (tertiary/aromatic N) is 1. The summed E-state index contributed by atoms with van der Waals surface area (Å²) in [5, 5.41) is 16.7. The highest BCUT2D eigenvalue weighted by molar-refractivity contribution is 5.92. The first kappa shape index (κ1) is 15.1. The van der Waals surface area contributed by atoms with Crippen LogP contribution in [0, 0.1) is 10.1 Å². The predicted octanol–water partition coefficient (Wildman–Crippen LogP) is 0.713. The summed E-state index contributed by atoms with van der Waals surface area (Å²) in [5.41, 5.74) is 0.370. The first-order chi connectivity index (χ1) is 10.2. The van der Waals surface area contributed by atoms with E-state index in [0.29, 0.717) is 25.3 Å². The smallest absolute Gasteiger partial charge is 0.276 e. The number of carbonyl (C=O) groups is 1. The van der Waals surface area contributed by atoms with E-state index in [1.54, 1.807) is 18.2 Å². The molecule has 1 saturated heterocycles. The van der Waals surface area contributed by atoms with Crippen molar-refractivity contribution in [1.82, 2.24) is 10.6 Å². The molecule has 0 aliphatic carbocycles. The second-order valence-corrected chi connectivity index (χ2v) is 4.59. The fraction of sp³-hybridized carbons (Fsp3) is 0.357. The van der Waals surface area contributed by atoms with Crippen molar-refractivity contribution < 1.29 is 14.5 Å². The summed E-state index contributed by atoms with van der Waals surface area (Å²) < 4.78 is 5.45. The van der Waals surface area contributed by atoms with Crippen molar-refractivity contribution in [2.75, 3.05) is 26.2 Å². The number of ether oxygens (including phenoxy) is 1. The molecule has 1 unspecified atom stereocenters. The number of hydrogen-bond donors (Lipinski definition) is 2. The number of benzene rings is 1. The Morgan fingerprint density at radius 1 is 1.52 bits per heavy atom. The largest absolute Gasteiger partial charge is 0.374 e. The van der Waals surface area contributed by atoms with Crippen LogP contribution in [-0.4, -0.2) is 43.2 Å². The molecular formula is C14H17N3O4. The van der Waals surface area contributed by atoms with Crippen molar-refractivity contribution in [2.45, 2.75) is 6.10 Å². The standard InChI is InChI=1S/C14H17N3O4/c18-14(16-10-12-9-15-7-8-21-12)6-5-11-3-1-2-4-13(11)17(19)20/h1-6,12,15H,7-10H2,(H,16,18)/b6-5+. The van der Waals surface area contributed by atoms with Gasteiger partial charge in [0.2, 0.25) is 5.91 Å². The Morgan fingerprint density at radius 2 is 2.33 bits per heavy atom. The zero-order valence-corrected chi connectivity index (χ0v) is 11.5. The molecule has 0 saturated carbocycles. The van der Waals surface area contributed by atoms with Gasteiger partial charge >= 0.3 is 0 Å². The molecule has 1 aromatic rings. The van der Waals surface area contributed by atoms with Gasteiger partial charge in [0.1, 0.15) is 0 Å². The van der Waals surface area contributed by atoms with Gasteiger partial charge in [-0.15, -0.1) is 0 Å². The minimum atomic E-state index is -0.473. The summed E-state index contributed by atoms with van der Waals surface area (Å²) in [6, 6.07) is 6.27. The molecule has 21 heavy (non-hydrogen) atoms. The van der Waals surface area contributed by atoms with Crippen molar-refractivity contribution in [1.29, 1.82) is 0 Å². The molecule has 2 N–H and O–H groups in total. The molecule has 0 radical (unpaired) electrons. The highest BCUT2D eigenvalue weighted by Crippen LogP contribution is 2.18. The second kappa shape index (κ2) is 7.51. The zero-order chi connectivity index (χ0) is 15.1. The lowest BCUT2D eigenvalue weighted by atomic mass is 10.1. The molecule has 7 nitrogen and oxygen atoms in total. The van der Waals surface area contributed by atoms with Crippen LogP contribution in [0.25, 0.3) is 6.08 Å². The fourth-order valence-corrected chi connectivity index (χ4v) is 1.98. The Labute approximate surface area is 122 Å². The van der Waals surface area contributed by atoms with Gasteiger partial charge in [-0.2, -0.15) is 0 Å². The van der Waals surface area contributed by atoms with Crippen molar-refractivity contribution >= 4 is 17.7 Å². The highest BCUT2D eigenvalue weighted by Gasteiger charge is 2.14. The average molecular weight is 291 g/mol. The van der Waals surface area contributed by atoms with Gasteiger partial charge in [-0.05, 0) is 12.1 Å². The van der Waals surface area contributed by atoms with Crippen LogP contribution < -0.4 is 10.6 Å². The van der Waals surface area contributed by atoms with Crippen molar-refractivity contribution in [3.8, 4) is 0 Å². The van der Waals surface area contributed by atoms with E-state index in [4.69, 9.17) is 4.74 Å². The van der Waals surface area contributed by atoms with E-state index in [0.717, 1.165) is 6.54 Å². The van der Waals surface area contributed by atoms with E-state index in [1.807, 2.05) is 0 Å². The van der Waals surface area contributed by atoms with Crippen LogP contribution in [-0.2, 0) is 9.53 Å². The first-order valence-electron chi connectivity index (χ1n) is 6.68. The number of nitrogens with one attached hydrogen (secondary N) is 2. The molecule has 1 amide bonds. The molecule has 1 heterocycles. The molecule has 1 aliphatic rings. The number of carbonyl (C=O) groups excluding carboxylic acids is 1. The molecule has 1 atom stereocenters. The molecule has 0 spiro atoms. The van der Waals surface area contributed by atoms with Gasteiger partial charge in [-0.3, -0.25) is 14.9 Å². The lowest BCUT2D eigenvalue weighted by Crippen LogP contribution is -2.44. The molecular weight excluding hydrogens is 274 g/mol. The maximum absolute atomic E-state index is 11.7. The summed E-state index contributed by atoms with van der Waals surface area (Å²) in [4.78, 5) is 22.1. The lowest BCUT2D eigenvalue weighted by molar-refractivity contribution is -0.385. The molecule has 1 aliphatic heterocycles. The van der Waals surface area contributed by atoms with E-state index in [9.17, 15) is 14.9 Å². The number of morpholine rings is 1. The lowest BCUT2D eigenvalue weighted by Gasteiger charge is -2.23. The molecule has 1 fully saturated rings. The SMILES string of the molecule is O=C(/C=C/c1ccccc1[N+](=O)[O-])NCC1CNCCO1. The summed E-state index contributed by atoms with van der Waals surface area (Å²) in [6.45, 7) is 2.57. The third kappa shape index (κ3) is 4.66. The number of hydrogen-bond acceptors (Lipinski definition) is 5. The Kier molecular flexibility index (Phi) is 5.42. The van der Waals surface area contributed by atoms with Crippen LogP contribution >= 0.6 is 0 Å². The summed E-state index contributed by atoms with van der Waals surface area (Å²) in [5.74, 6) is -0.303. The topological polar surface area (TPSA) is 93.5 Å². The Hall–Kier alpha value is -2.25. The van der Waals surface area contributed by atoms with Crippen LogP contribution in [0.4, 0.5) is 5.69 Å². The molecule has 2 rings (SSSR count). The number of para-hydroxylation sites is 1. The van der Waals surface area contributed by atoms with Crippen LogP contribution in [0.1, 0.15) is 5.56 Å². The fourth-order valence-electron chi connectivity index (χ4n) is 1.98. The minimum Gasteiger partial charge on any atom is -0.374 e. The van der Waals surface area contributed by atoms with Crippen molar-refractivity contribution in [3.63, 3.8) is 0 Å². The van der Waals surface area contributed by atoms with Gasteiger partial charge < -0.3 is 15.4 Å². The molecule has 7 heteroatoms. The number of amides is 1. The summed E-state index contributed by atoms with van der Waals surface area (Å²) >= 11 is 0. The zero-order valence-electron chi connectivity index (χ0n) is 11.5. The van der Waals surface area contributed by atoms with E-state index >= 15 is 0 Å². The maximum Gasteiger partial charge on any atom is 0.276 e. The quantitative estimate of drug-likeness (QED) is 0.473. The number of nitro benzene ring substituents is 1. The van der Waals surface area contributed by atoms with E-state index in [2.05, 4.69) is 10.6 Å². The minimum absolute atomic E-state index is 0.0265. The second-order valence-electron chi connectivity index (χ2n) is 4.59. The van der Waals surface area contributed by atoms with Crippen LogP contribution in [0.3, 0.4) is 0 Å². The van der Waals surface area contributed by atoms with Gasteiger partial charge in [0.15, 0.2) is 0 Å². The molecule has 0 aromatic heterocycles. The predicted molar refractivity (Wildman–Crippen MR) is 77.7 cm³/mol. The van der Waals surface area contributed by atoms with Gasteiger partial charge in [-0.25, -0.2) is 0 Å². The van der Waals surface area contributed by atoms with Crippen LogP contribution in [0.2, 0.25) is 0 Å². The van der Waals surface area contributed by atoms with Gasteiger partial charge in [0.25, 0.3) is 5.69 Å². The molecule has 1 aromatic carbocycles. The normalized spacial score (nSPS) is 18.6. The van der Waals surface area contributed by atoms with Crippen molar-refractivity contribution in [3.05, 3.63) is 46.0 Å². The first-order valence-corrected chi connectivity index (χ1v) is 6.68. The average Bonchev–Trinajstić information content (AvgIpc) is 2.52. The molecule has 112 valence electrons. The number of nitro groups is 1. The third-order valence-electron chi connectivity index (χ3n) is 3.06. The Balaban J connectivity index is 1.88. The van der Waals surface area contributed by atoms with Crippen LogP contribution in [0.5, 0.6) is 0 Å². The maximum atomic E-state index is 11.7. The van der Waals surface area contributed by atoms with E-state index in [-0.39, 0.29) is 17.7 Å². The van der Waals surface area contributed by atoms with Gasteiger partial charge in [0.05, 0.1) is 23.2 Å². The molecule has 0 bridgehead atoms. The third-order valence-corrected chi connectivity index (χ3v) is 3.06. The van der Waals surface area contributed by atoms with Gasteiger partial charge in [-0.1, -0.05) is 12.1 Å². The monoisotopic (exact) mass is 291 g/mol. The van der Waals surface area contributed by atoms with E-state index < -0.39 is 4.92 Å². The summed E-state index contributed by atoms with van der Waals surface area (Å²) in [7, 11) is 0. The number of rotatable bonds is 5. The highest BCUT2D eigenvalue weighted by atomic mass is 16.6. The summed E-state index contributed by atoms with van der Waals surface area (Å²) in [6.07, 6.45) is 2.69.